The van der Waals surface area contributed by atoms with Crippen LogP contribution in [-0.2, 0) is 6.42 Å². The van der Waals surface area contributed by atoms with Crippen LogP contribution in [0.3, 0.4) is 0 Å². The minimum absolute atomic E-state index is 0.204. The minimum atomic E-state index is -0.352. The van der Waals surface area contributed by atoms with Crippen molar-refractivity contribution in [2.75, 3.05) is 13.7 Å². The van der Waals surface area contributed by atoms with Crippen LogP contribution < -0.4 is 10.1 Å². The fraction of sp³-hybridized carbons (Fsp3) is 0.238. The summed E-state index contributed by atoms with van der Waals surface area (Å²) in [4.78, 5) is 16.3. The summed E-state index contributed by atoms with van der Waals surface area (Å²) < 4.78 is 23.9. The zero-order valence-corrected chi connectivity index (χ0v) is 15.3. The monoisotopic (exact) mass is 368 g/mol. The molecule has 6 heteroatoms. The van der Waals surface area contributed by atoms with E-state index in [1.165, 1.54) is 18.5 Å². The molecule has 5 nitrogen and oxygen atoms in total. The van der Waals surface area contributed by atoms with Crippen molar-refractivity contribution < 1.29 is 18.3 Å². The van der Waals surface area contributed by atoms with Crippen molar-refractivity contribution in [1.82, 2.24) is 10.3 Å². The molecule has 0 aliphatic heterocycles. The molecule has 1 amide bonds. The lowest BCUT2D eigenvalue weighted by molar-refractivity contribution is 0.0953. The van der Waals surface area contributed by atoms with Crippen LogP contribution in [0.2, 0.25) is 0 Å². The van der Waals surface area contributed by atoms with Gasteiger partial charge in [-0.2, -0.15) is 0 Å². The summed E-state index contributed by atoms with van der Waals surface area (Å²) in [6.07, 6.45) is 5.63. The molecule has 0 bridgehead atoms. The van der Waals surface area contributed by atoms with E-state index >= 15 is 0 Å². The van der Waals surface area contributed by atoms with Crippen molar-refractivity contribution >= 4 is 5.91 Å². The number of aromatic nitrogens is 1. The highest BCUT2D eigenvalue weighted by atomic mass is 19.1. The predicted octanol–water partition coefficient (Wildman–Crippen LogP) is 4.16. The molecule has 1 N–H and O–H groups in total. The Morgan fingerprint density at radius 3 is 2.85 bits per heavy atom. The highest BCUT2D eigenvalue weighted by Gasteiger charge is 2.16. The van der Waals surface area contributed by atoms with Crippen LogP contribution >= 0.6 is 0 Å². The van der Waals surface area contributed by atoms with E-state index in [9.17, 15) is 9.18 Å². The maximum atomic E-state index is 13.1. The van der Waals surface area contributed by atoms with Gasteiger partial charge in [-0.1, -0.05) is 0 Å². The molecular weight excluding hydrogens is 347 g/mol. The number of nitrogens with zero attached hydrogens (tertiary/aromatic N) is 1. The van der Waals surface area contributed by atoms with Gasteiger partial charge in [0, 0.05) is 18.3 Å². The number of furan rings is 1. The number of carbonyl (C=O) groups is 1. The number of aryl methyl sites for hydroxylation is 2. The zero-order chi connectivity index (χ0) is 19.2. The molecule has 0 saturated heterocycles. The first-order valence-corrected chi connectivity index (χ1v) is 8.68. The van der Waals surface area contributed by atoms with Crippen LogP contribution in [0.5, 0.6) is 5.75 Å². The average Bonchev–Trinajstić information content (AvgIpc) is 3.15. The van der Waals surface area contributed by atoms with E-state index in [4.69, 9.17) is 9.15 Å². The summed E-state index contributed by atoms with van der Waals surface area (Å²) >= 11 is 0. The lowest BCUT2D eigenvalue weighted by Gasteiger charge is -2.08. The molecule has 0 fully saturated rings. The third-order valence-electron chi connectivity index (χ3n) is 4.26. The molecule has 0 radical (unpaired) electrons. The minimum Gasteiger partial charge on any atom is -0.496 e. The van der Waals surface area contributed by atoms with Gasteiger partial charge in [-0.05, 0) is 61.2 Å². The van der Waals surface area contributed by atoms with E-state index in [0.717, 1.165) is 22.4 Å². The van der Waals surface area contributed by atoms with E-state index in [1.807, 2.05) is 25.1 Å². The van der Waals surface area contributed by atoms with Crippen molar-refractivity contribution in [3.05, 3.63) is 71.5 Å². The normalized spacial score (nSPS) is 10.6. The second-order valence-electron chi connectivity index (χ2n) is 6.22. The van der Waals surface area contributed by atoms with Crippen LogP contribution in [0.4, 0.5) is 4.39 Å². The highest BCUT2D eigenvalue weighted by Crippen LogP contribution is 2.29. The molecule has 0 aliphatic carbocycles. The van der Waals surface area contributed by atoms with Crippen molar-refractivity contribution in [3.63, 3.8) is 0 Å². The number of carbonyl (C=O) groups excluding carboxylic acids is 1. The van der Waals surface area contributed by atoms with Gasteiger partial charge < -0.3 is 14.5 Å². The van der Waals surface area contributed by atoms with Gasteiger partial charge in [0.15, 0.2) is 0 Å². The van der Waals surface area contributed by atoms with Crippen molar-refractivity contribution in [3.8, 4) is 17.1 Å². The molecule has 0 spiro atoms. The van der Waals surface area contributed by atoms with Crippen molar-refractivity contribution in [2.24, 2.45) is 0 Å². The van der Waals surface area contributed by atoms with E-state index in [0.29, 0.717) is 30.7 Å². The molecule has 0 atom stereocenters. The number of hydrogen-bond acceptors (Lipinski definition) is 4. The number of benzene rings is 1. The molecular formula is C21H21FN2O3. The molecule has 140 valence electrons. The third kappa shape index (κ3) is 4.53. The Balaban J connectivity index is 1.61. The number of nitrogens with one attached hydrogen (secondary N) is 1. The quantitative estimate of drug-likeness (QED) is 0.636. The van der Waals surface area contributed by atoms with Gasteiger partial charge in [0.2, 0.25) is 0 Å². The zero-order valence-electron chi connectivity index (χ0n) is 15.3. The van der Waals surface area contributed by atoms with Gasteiger partial charge in [-0.15, -0.1) is 0 Å². The molecule has 0 aliphatic rings. The third-order valence-corrected chi connectivity index (χ3v) is 4.26. The predicted molar refractivity (Wildman–Crippen MR) is 100 cm³/mol. The van der Waals surface area contributed by atoms with E-state index in [1.54, 1.807) is 19.4 Å². The molecule has 3 rings (SSSR count). The molecule has 27 heavy (non-hydrogen) atoms. The number of ether oxygens (including phenoxy) is 1. The van der Waals surface area contributed by atoms with Crippen LogP contribution in [0, 0.1) is 12.7 Å². The number of rotatable bonds is 7. The van der Waals surface area contributed by atoms with E-state index < -0.39 is 0 Å². The van der Waals surface area contributed by atoms with Crippen LogP contribution in [0.1, 0.15) is 27.9 Å². The van der Waals surface area contributed by atoms with Crippen LogP contribution in [-0.4, -0.2) is 24.5 Å². The van der Waals surface area contributed by atoms with Crippen molar-refractivity contribution in [1.29, 1.82) is 0 Å². The summed E-state index contributed by atoms with van der Waals surface area (Å²) in [5, 5.41) is 2.88. The first-order valence-electron chi connectivity index (χ1n) is 8.68. The maximum absolute atomic E-state index is 13.1. The second kappa shape index (κ2) is 8.49. The van der Waals surface area contributed by atoms with Gasteiger partial charge in [0.1, 0.15) is 17.3 Å². The second-order valence-corrected chi connectivity index (χ2v) is 6.22. The van der Waals surface area contributed by atoms with Gasteiger partial charge in [0.05, 0.1) is 25.1 Å². The molecule has 0 unspecified atom stereocenters. The van der Waals surface area contributed by atoms with Gasteiger partial charge >= 0.3 is 0 Å². The summed E-state index contributed by atoms with van der Waals surface area (Å²) in [5.41, 5.74) is 3.06. The number of halogens is 1. The first-order chi connectivity index (χ1) is 13.1. The summed E-state index contributed by atoms with van der Waals surface area (Å²) in [6, 6.07) is 8.74. The molecule has 1 aromatic carbocycles. The summed E-state index contributed by atoms with van der Waals surface area (Å²) in [5.74, 6) is 0.745. The van der Waals surface area contributed by atoms with Gasteiger partial charge in [-0.3, -0.25) is 9.78 Å². The average molecular weight is 368 g/mol. The Morgan fingerprint density at radius 2 is 2.11 bits per heavy atom. The lowest BCUT2D eigenvalue weighted by atomic mass is 10.1. The Labute approximate surface area is 157 Å². The summed E-state index contributed by atoms with van der Waals surface area (Å²) in [7, 11) is 1.62. The fourth-order valence-corrected chi connectivity index (χ4v) is 2.91. The molecule has 2 heterocycles. The van der Waals surface area contributed by atoms with E-state index in [2.05, 4.69) is 10.3 Å². The number of amides is 1. The molecule has 0 saturated carbocycles. The molecule has 2 aromatic heterocycles. The largest absolute Gasteiger partial charge is 0.496 e. The number of hydrogen-bond donors (Lipinski definition) is 1. The topological polar surface area (TPSA) is 64.4 Å². The number of pyridine rings is 1. The number of methoxy groups -OCH3 is 1. The first kappa shape index (κ1) is 18.6. The lowest BCUT2D eigenvalue weighted by Crippen LogP contribution is -2.24. The Hall–Kier alpha value is -3.15. The smallest absolute Gasteiger partial charge is 0.255 e. The summed E-state index contributed by atoms with van der Waals surface area (Å²) in [6.45, 7) is 2.41. The van der Waals surface area contributed by atoms with Crippen molar-refractivity contribution in [2.45, 2.75) is 19.8 Å². The van der Waals surface area contributed by atoms with Gasteiger partial charge in [-0.25, -0.2) is 4.39 Å². The van der Waals surface area contributed by atoms with Gasteiger partial charge in [0.25, 0.3) is 5.91 Å². The van der Waals surface area contributed by atoms with Crippen LogP contribution in [0.25, 0.3) is 11.3 Å². The molecule has 3 aromatic rings. The maximum Gasteiger partial charge on any atom is 0.255 e. The fourth-order valence-electron chi connectivity index (χ4n) is 2.91. The SMILES string of the molecule is COc1ccc(-c2occc2C(=O)NCCCc2cncc(F)c2)cc1C. The van der Waals surface area contributed by atoms with E-state index in [-0.39, 0.29) is 11.7 Å². The highest BCUT2D eigenvalue weighted by molar-refractivity contribution is 5.99. The van der Waals surface area contributed by atoms with Crippen LogP contribution in [0.15, 0.2) is 53.4 Å². The Bertz CT molecular complexity index is 937. The standard InChI is InChI=1S/C21H21FN2O3/c1-14-10-16(5-6-19(14)26-2)20-18(7-9-27-20)21(25)24-8-3-4-15-11-17(22)13-23-12-15/h5-7,9-13H,3-4,8H2,1-2H3,(H,24,25). The Morgan fingerprint density at radius 1 is 1.26 bits per heavy atom. The Kier molecular flexibility index (Phi) is 5.86.